The number of aromatic nitrogens is 3. The molecule has 0 saturated heterocycles. The fraction of sp³-hybridized carbons (Fsp3) is 0.185. The second kappa shape index (κ2) is 11.2. The number of carbonyl (C=O) groups excluding carboxylic acids is 1. The van der Waals surface area contributed by atoms with Gasteiger partial charge in [0.1, 0.15) is 18.0 Å². The lowest BCUT2D eigenvalue weighted by Crippen LogP contribution is -2.28. The summed E-state index contributed by atoms with van der Waals surface area (Å²) in [6.07, 6.45) is 6.19. The molecule has 2 aromatic carbocycles. The summed E-state index contributed by atoms with van der Waals surface area (Å²) in [5.74, 6) is -1.32. The zero-order chi connectivity index (χ0) is 26.8. The van der Waals surface area contributed by atoms with Gasteiger partial charge in [-0.1, -0.05) is 18.2 Å². The number of anilines is 2. The zero-order valence-electron chi connectivity index (χ0n) is 20.2. The van der Waals surface area contributed by atoms with Crippen LogP contribution in [0.1, 0.15) is 40.9 Å². The summed E-state index contributed by atoms with van der Waals surface area (Å²) in [5, 5.41) is 7.24. The molecule has 0 spiro atoms. The highest BCUT2D eigenvalue weighted by Crippen LogP contribution is 2.40. The van der Waals surface area contributed by atoms with Crippen LogP contribution in [0.2, 0.25) is 0 Å². The number of nitrogens with two attached hydrogens (primary N) is 1. The molecule has 4 aromatic rings. The van der Waals surface area contributed by atoms with E-state index in [1.54, 1.807) is 30.9 Å². The SMILES string of the molecule is C[C@H](NC(=O)c1cc(I)cnc1NCC1CC=C(c2ccc3ncnc(N)c3c2)S1)c1ccc(F)c(F)c1. The Morgan fingerprint density at radius 2 is 2.00 bits per heavy atom. The van der Waals surface area contributed by atoms with Crippen LogP contribution in [0, 0.1) is 15.2 Å². The standard InChI is InChI=1S/C27H23F2IN6OS/c1-14(15-2-5-21(28)22(29)9-15)36-27(37)20-10-17(30)11-32-26(20)33-12-18-4-7-24(38-18)16-3-6-23-19(8-16)25(31)35-13-34-23/h2-3,5-11,13-14,18H,4,12H2,1H3,(H,32,33)(H,36,37)(H2,31,34,35)/t14-,18?/m0/s1. The maximum atomic E-state index is 13.7. The van der Waals surface area contributed by atoms with Crippen molar-refractivity contribution in [3.05, 3.63) is 93.0 Å². The molecule has 38 heavy (non-hydrogen) atoms. The molecule has 1 aliphatic heterocycles. The van der Waals surface area contributed by atoms with Crippen LogP contribution in [0.3, 0.4) is 0 Å². The second-order valence-electron chi connectivity index (χ2n) is 8.83. The Morgan fingerprint density at radius 1 is 1.16 bits per heavy atom. The highest BCUT2D eigenvalue weighted by Gasteiger charge is 2.22. The van der Waals surface area contributed by atoms with Crippen LogP contribution in [0.5, 0.6) is 0 Å². The molecule has 0 aliphatic carbocycles. The van der Waals surface area contributed by atoms with Crippen molar-refractivity contribution >= 4 is 67.7 Å². The molecular weight excluding hydrogens is 621 g/mol. The summed E-state index contributed by atoms with van der Waals surface area (Å²) in [7, 11) is 0. The molecule has 1 aliphatic rings. The van der Waals surface area contributed by atoms with Gasteiger partial charge in [0.15, 0.2) is 11.6 Å². The largest absolute Gasteiger partial charge is 0.383 e. The van der Waals surface area contributed by atoms with E-state index in [4.69, 9.17) is 5.73 Å². The maximum Gasteiger partial charge on any atom is 0.255 e. The Hall–Kier alpha value is -3.32. The van der Waals surface area contributed by atoms with Gasteiger partial charge in [-0.2, -0.15) is 0 Å². The van der Waals surface area contributed by atoms with Crippen LogP contribution >= 0.6 is 34.4 Å². The Balaban J connectivity index is 1.24. The normalized spacial score (nSPS) is 15.8. The van der Waals surface area contributed by atoms with Crippen molar-refractivity contribution in [3.63, 3.8) is 0 Å². The average molecular weight is 644 g/mol. The minimum absolute atomic E-state index is 0.239. The van der Waals surface area contributed by atoms with Gasteiger partial charge in [0.05, 0.1) is 17.1 Å². The van der Waals surface area contributed by atoms with Crippen molar-refractivity contribution in [2.24, 2.45) is 0 Å². The van der Waals surface area contributed by atoms with Crippen molar-refractivity contribution in [2.75, 3.05) is 17.6 Å². The van der Waals surface area contributed by atoms with Crippen LogP contribution in [0.4, 0.5) is 20.4 Å². The van der Waals surface area contributed by atoms with Gasteiger partial charge in [-0.25, -0.2) is 23.7 Å². The number of hydrogen-bond acceptors (Lipinski definition) is 7. The number of thioether (sulfide) groups is 1. The fourth-order valence-corrected chi connectivity index (χ4v) is 5.78. The molecule has 2 aromatic heterocycles. The van der Waals surface area contributed by atoms with Gasteiger partial charge in [0, 0.05) is 31.9 Å². The van der Waals surface area contributed by atoms with Crippen molar-refractivity contribution in [1.82, 2.24) is 20.3 Å². The Labute approximate surface area is 235 Å². The molecular formula is C27H23F2IN6OS. The summed E-state index contributed by atoms with van der Waals surface area (Å²) >= 11 is 3.85. The number of hydrogen-bond donors (Lipinski definition) is 3. The molecule has 1 amide bonds. The molecule has 4 N–H and O–H groups in total. The fourth-order valence-electron chi connectivity index (χ4n) is 4.16. The number of halogens is 3. The number of nitrogens with one attached hydrogen (secondary N) is 2. The van der Waals surface area contributed by atoms with E-state index in [0.29, 0.717) is 29.3 Å². The van der Waals surface area contributed by atoms with Crippen molar-refractivity contribution in [2.45, 2.75) is 24.6 Å². The summed E-state index contributed by atoms with van der Waals surface area (Å²) in [6.45, 7) is 2.31. The van der Waals surface area contributed by atoms with Gasteiger partial charge in [0.25, 0.3) is 5.91 Å². The average Bonchev–Trinajstić information content (AvgIpc) is 3.38. The number of benzene rings is 2. The van der Waals surface area contributed by atoms with Crippen molar-refractivity contribution in [3.8, 4) is 0 Å². The number of carbonyl (C=O) groups is 1. The highest BCUT2D eigenvalue weighted by atomic mass is 127. The molecule has 0 fully saturated rings. The number of nitrogen functional groups attached to an aromatic ring is 1. The molecule has 2 atom stereocenters. The number of pyridine rings is 1. The first-order valence-corrected chi connectivity index (χ1v) is 13.8. The summed E-state index contributed by atoms with van der Waals surface area (Å²) < 4.78 is 27.8. The van der Waals surface area contributed by atoms with Gasteiger partial charge < -0.3 is 16.4 Å². The van der Waals surface area contributed by atoms with Crippen LogP contribution < -0.4 is 16.4 Å². The summed E-state index contributed by atoms with van der Waals surface area (Å²) in [5.41, 5.74) is 8.74. The third-order valence-corrected chi connectivity index (χ3v) is 8.14. The maximum absolute atomic E-state index is 13.7. The molecule has 0 saturated carbocycles. The predicted octanol–water partition coefficient (Wildman–Crippen LogP) is 5.94. The molecule has 0 bridgehead atoms. The van der Waals surface area contributed by atoms with E-state index in [1.807, 2.05) is 18.2 Å². The van der Waals surface area contributed by atoms with Gasteiger partial charge in [0.2, 0.25) is 0 Å². The van der Waals surface area contributed by atoms with Crippen LogP contribution in [0.15, 0.2) is 61.1 Å². The smallest absolute Gasteiger partial charge is 0.255 e. The lowest BCUT2D eigenvalue weighted by atomic mass is 10.1. The number of rotatable bonds is 7. The predicted molar refractivity (Wildman–Crippen MR) is 156 cm³/mol. The quantitative estimate of drug-likeness (QED) is 0.214. The zero-order valence-corrected chi connectivity index (χ0v) is 23.2. The lowest BCUT2D eigenvalue weighted by Gasteiger charge is -2.18. The highest BCUT2D eigenvalue weighted by molar-refractivity contribution is 14.1. The summed E-state index contributed by atoms with van der Waals surface area (Å²) in [4.78, 5) is 27.1. The van der Waals surface area contributed by atoms with Gasteiger partial charge in [-0.15, -0.1) is 11.8 Å². The lowest BCUT2D eigenvalue weighted by molar-refractivity contribution is 0.0940. The molecule has 3 heterocycles. The third-order valence-electron chi connectivity index (χ3n) is 6.20. The van der Waals surface area contributed by atoms with Crippen LogP contribution in [0.25, 0.3) is 15.8 Å². The van der Waals surface area contributed by atoms with Gasteiger partial charge in [-0.05, 0) is 77.4 Å². The Bertz CT molecular complexity index is 1570. The second-order valence-corrected chi connectivity index (χ2v) is 11.4. The third kappa shape index (κ3) is 5.73. The molecule has 5 rings (SSSR count). The number of amides is 1. The van der Waals surface area contributed by atoms with E-state index < -0.39 is 17.7 Å². The number of nitrogens with zero attached hydrogens (tertiary/aromatic N) is 3. The first-order valence-electron chi connectivity index (χ1n) is 11.8. The molecule has 1 unspecified atom stereocenters. The monoisotopic (exact) mass is 644 g/mol. The van der Waals surface area contributed by atoms with E-state index in [0.717, 1.165) is 43.5 Å². The Morgan fingerprint density at radius 3 is 2.82 bits per heavy atom. The van der Waals surface area contributed by atoms with Crippen molar-refractivity contribution < 1.29 is 13.6 Å². The van der Waals surface area contributed by atoms with Crippen molar-refractivity contribution in [1.29, 1.82) is 0 Å². The van der Waals surface area contributed by atoms with Crippen LogP contribution in [-0.4, -0.2) is 32.7 Å². The minimum atomic E-state index is -0.954. The first-order chi connectivity index (χ1) is 18.3. The number of fused-ring (bicyclic) bond motifs is 1. The van der Waals surface area contributed by atoms with E-state index >= 15 is 0 Å². The Kier molecular flexibility index (Phi) is 7.75. The van der Waals surface area contributed by atoms with Gasteiger partial charge >= 0.3 is 0 Å². The molecule has 0 radical (unpaired) electrons. The minimum Gasteiger partial charge on any atom is -0.383 e. The molecule has 194 valence electrons. The molecule has 7 nitrogen and oxygen atoms in total. The summed E-state index contributed by atoms with van der Waals surface area (Å²) in [6, 6.07) is 10.8. The van der Waals surface area contributed by atoms with E-state index in [-0.39, 0.29) is 11.2 Å². The van der Waals surface area contributed by atoms with E-state index in [2.05, 4.69) is 54.3 Å². The van der Waals surface area contributed by atoms with E-state index in [9.17, 15) is 13.6 Å². The first kappa shape index (κ1) is 26.3. The van der Waals surface area contributed by atoms with E-state index in [1.165, 1.54) is 12.4 Å². The molecule has 11 heteroatoms. The topological polar surface area (TPSA) is 106 Å². The number of allylic oxidation sites excluding steroid dienone is 1. The van der Waals surface area contributed by atoms with Gasteiger partial charge in [-0.3, -0.25) is 4.79 Å². The van der Waals surface area contributed by atoms with Crippen LogP contribution in [-0.2, 0) is 0 Å².